The van der Waals surface area contributed by atoms with E-state index in [-0.39, 0.29) is 5.97 Å². The lowest BCUT2D eigenvalue weighted by molar-refractivity contribution is -0.136. The second-order valence-electron chi connectivity index (χ2n) is 2.22. The minimum atomic E-state index is -0.546. The summed E-state index contributed by atoms with van der Waals surface area (Å²) in [6.45, 7) is 5.79. The van der Waals surface area contributed by atoms with Crippen LogP contribution in [0.15, 0.2) is 12.2 Å². The van der Waals surface area contributed by atoms with Crippen molar-refractivity contribution in [3.05, 3.63) is 12.2 Å². The van der Waals surface area contributed by atoms with E-state index in [1.165, 1.54) is 7.11 Å². The molecule has 0 spiro atoms. The lowest BCUT2D eigenvalue weighted by Crippen LogP contribution is -1.98. The van der Waals surface area contributed by atoms with Crippen molar-refractivity contribution in [2.45, 2.75) is 6.92 Å². The molecule has 1 fully saturated rings. The van der Waals surface area contributed by atoms with Crippen LogP contribution in [0, 0.1) is 0 Å². The Kier molecular flexibility index (Phi) is 5.34. The van der Waals surface area contributed by atoms with Crippen LogP contribution >= 0.6 is 0 Å². The molecule has 0 radical (unpaired) electrons. The molecule has 13 heavy (non-hydrogen) atoms. The molecule has 0 saturated carbocycles. The van der Waals surface area contributed by atoms with E-state index in [1.54, 1.807) is 6.92 Å². The van der Waals surface area contributed by atoms with Gasteiger partial charge in [-0.2, -0.15) is 0 Å². The fraction of sp³-hybridized carbons (Fsp3) is 0.500. The van der Waals surface area contributed by atoms with Gasteiger partial charge in [-0.1, -0.05) is 6.58 Å². The van der Waals surface area contributed by atoms with Crippen LogP contribution in [0.25, 0.3) is 0 Å². The van der Waals surface area contributed by atoms with Gasteiger partial charge in [0, 0.05) is 5.57 Å². The van der Waals surface area contributed by atoms with E-state index in [9.17, 15) is 9.59 Å². The summed E-state index contributed by atoms with van der Waals surface area (Å²) in [5.74, 6) is -0.347. The SMILES string of the molecule is C=C(C)C(=O)OC.O=C1OCCO1. The molecule has 0 atom stereocenters. The topological polar surface area (TPSA) is 61.8 Å². The van der Waals surface area contributed by atoms with E-state index < -0.39 is 6.16 Å². The minimum Gasteiger partial charge on any atom is -0.466 e. The number of hydrogen-bond acceptors (Lipinski definition) is 5. The van der Waals surface area contributed by atoms with Gasteiger partial charge in [-0.25, -0.2) is 9.59 Å². The molecule has 74 valence electrons. The lowest BCUT2D eigenvalue weighted by atomic mass is 10.4. The molecule has 1 aliphatic heterocycles. The van der Waals surface area contributed by atoms with Crippen molar-refractivity contribution in [1.82, 2.24) is 0 Å². The number of cyclic esters (lactones) is 2. The third-order valence-electron chi connectivity index (χ3n) is 1.06. The third kappa shape index (κ3) is 5.72. The first-order valence-electron chi connectivity index (χ1n) is 3.61. The molecule has 5 nitrogen and oxygen atoms in total. The zero-order valence-corrected chi connectivity index (χ0v) is 7.66. The number of ether oxygens (including phenoxy) is 3. The van der Waals surface area contributed by atoms with Crippen molar-refractivity contribution in [1.29, 1.82) is 0 Å². The summed E-state index contributed by atoms with van der Waals surface area (Å²) >= 11 is 0. The Balaban J connectivity index is 0.000000223. The van der Waals surface area contributed by atoms with Crippen molar-refractivity contribution in [3.63, 3.8) is 0 Å². The molecule has 0 N–H and O–H groups in total. The average Bonchev–Trinajstić information content (AvgIpc) is 2.55. The summed E-state index contributed by atoms with van der Waals surface area (Å²) in [5.41, 5.74) is 0.433. The van der Waals surface area contributed by atoms with Crippen molar-refractivity contribution in [2.75, 3.05) is 20.3 Å². The predicted octanol–water partition coefficient (Wildman–Crippen LogP) is 0.889. The van der Waals surface area contributed by atoms with Gasteiger partial charge >= 0.3 is 12.1 Å². The molecule has 0 aromatic rings. The molecule has 1 aliphatic rings. The Morgan fingerprint density at radius 3 is 2.00 bits per heavy atom. The van der Waals surface area contributed by atoms with Gasteiger partial charge in [0.1, 0.15) is 13.2 Å². The van der Waals surface area contributed by atoms with Gasteiger partial charge in [-0.05, 0) is 6.92 Å². The van der Waals surface area contributed by atoms with Gasteiger partial charge < -0.3 is 14.2 Å². The first-order valence-corrected chi connectivity index (χ1v) is 3.61. The molecule has 1 heterocycles. The fourth-order valence-electron chi connectivity index (χ4n) is 0.466. The standard InChI is InChI=1S/C5H8O2.C3H4O3/c1-4(2)5(6)7-3;4-3-5-1-2-6-3/h1H2,2-3H3;1-2H2. The molecule has 0 bridgehead atoms. The number of esters is 1. The molecule has 0 unspecified atom stereocenters. The van der Waals surface area contributed by atoms with Crippen molar-refractivity contribution < 1.29 is 23.8 Å². The summed E-state index contributed by atoms with van der Waals surface area (Å²) in [4.78, 5) is 20.0. The quantitative estimate of drug-likeness (QED) is 0.451. The van der Waals surface area contributed by atoms with Gasteiger partial charge in [0.25, 0.3) is 0 Å². The zero-order chi connectivity index (χ0) is 10.3. The third-order valence-corrected chi connectivity index (χ3v) is 1.06. The molecule has 0 aromatic heterocycles. The van der Waals surface area contributed by atoms with Gasteiger partial charge in [0.15, 0.2) is 0 Å². The first kappa shape index (κ1) is 11.5. The van der Waals surface area contributed by atoms with Crippen LogP contribution in [-0.4, -0.2) is 32.4 Å². The second-order valence-corrected chi connectivity index (χ2v) is 2.22. The largest absolute Gasteiger partial charge is 0.508 e. The maximum Gasteiger partial charge on any atom is 0.508 e. The summed E-state index contributed by atoms with van der Waals surface area (Å²) in [7, 11) is 1.33. The van der Waals surface area contributed by atoms with Crippen LogP contribution in [0.5, 0.6) is 0 Å². The highest BCUT2D eigenvalue weighted by atomic mass is 16.8. The van der Waals surface area contributed by atoms with Gasteiger partial charge in [0.05, 0.1) is 7.11 Å². The minimum absolute atomic E-state index is 0.347. The highest BCUT2D eigenvalue weighted by Gasteiger charge is 2.09. The molecule has 1 saturated heterocycles. The highest BCUT2D eigenvalue weighted by Crippen LogP contribution is 1.92. The van der Waals surface area contributed by atoms with Gasteiger partial charge in [0.2, 0.25) is 0 Å². The molecule has 0 amide bonds. The number of methoxy groups -OCH3 is 1. The molecule has 0 aromatic carbocycles. The number of rotatable bonds is 1. The Bertz CT molecular complexity index is 201. The van der Waals surface area contributed by atoms with Crippen LogP contribution in [0.1, 0.15) is 6.92 Å². The van der Waals surface area contributed by atoms with Crippen molar-refractivity contribution in [3.8, 4) is 0 Å². The van der Waals surface area contributed by atoms with Crippen LogP contribution in [-0.2, 0) is 19.0 Å². The number of hydrogen-bond donors (Lipinski definition) is 0. The van der Waals surface area contributed by atoms with Crippen molar-refractivity contribution >= 4 is 12.1 Å². The Morgan fingerprint density at radius 2 is 1.92 bits per heavy atom. The molecule has 1 rings (SSSR count). The van der Waals surface area contributed by atoms with E-state index in [0.29, 0.717) is 18.8 Å². The van der Waals surface area contributed by atoms with E-state index in [2.05, 4.69) is 20.8 Å². The molecule has 0 aliphatic carbocycles. The van der Waals surface area contributed by atoms with Gasteiger partial charge in [-0.3, -0.25) is 0 Å². The first-order chi connectivity index (χ1) is 6.07. The molecule has 5 heteroatoms. The highest BCUT2D eigenvalue weighted by molar-refractivity contribution is 5.86. The van der Waals surface area contributed by atoms with E-state index in [4.69, 9.17) is 0 Å². The average molecular weight is 188 g/mol. The van der Waals surface area contributed by atoms with Crippen LogP contribution < -0.4 is 0 Å². The Morgan fingerprint density at radius 1 is 1.46 bits per heavy atom. The van der Waals surface area contributed by atoms with Crippen LogP contribution in [0.3, 0.4) is 0 Å². The van der Waals surface area contributed by atoms with E-state index in [1.807, 2.05) is 0 Å². The second kappa shape index (κ2) is 6.05. The maximum absolute atomic E-state index is 10.2. The van der Waals surface area contributed by atoms with Crippen LogP contribution in [0.2, 0.25) is 0 Å². The Hall–Kier alpha value is -1.52. The van der Waals surface area contributed by atoms with E-state index >= 15 is 0 Å². The normalized spacial score (nSPS) is 13.2. The van der Waals surface area contributed by atoms with E-state index in [0.717, 1.165) is 0 Å². The monoisotopic (exact) mass is 188 g/mol. The lowest BCUT2D eigenvalue weighted by Gasteiger charge is -1.91. The summed E-state index contributed by atoms with van der Waals surface area (Å²) in [6.07, 6.45) is -0.546. The zero-order valence-electron chi connectivity index (χ0n) is 7.66. The summed E-state index contributed by atoms with van der Waals surface area (Å²) in [5, 5.41) is 0. The number of carbonyl (C=O) groups is 2. The summed E-state index contributed by atoms with van der Waals surface area (Å²) in [6, 6.07) is 0. The Labute approximate surface area is 76.3 Å². The number of carbonyl (C=O) groups excluding carboxylic acids is 2. The van der Waals surface area contributed by atoms with Gasteiger partial charge in [-0.15, -0.1) is 0 Å². The fourth-order valence-corrected chi connectivity index (χ4v) is 0.466. The molecular formula is C8H12O5. The smallest absolute Gasteiger partial charge is 0.466 e. The maximum atomic E-state index is 10.2. The van der Waals surface area contributed by atoms with Crippen LogP contribution in [0.4, 0.5) is 4.79 Å². The molecular weight excluding hydrogens is 176 g/mol. The van der Waals surface area contributed by atoms with Crippen molar-refractivity contribution in [2.24, 2.45) is 0 Å². The summed E-state index contributed by atoms with van der Waals surface area (Å²) < 4.78 is 12.9. The predicted molar refractivity (Wildman–Crippen MR) is 44.1 cm³/mol.